The van der Waals surface area contributed by atoms with Crippen LogP contribution < -0.4 is 0 Å². The molecule has 3 aromatic heterocycles. The van der Waals surface area contributed by atoms with Gasteiger partial charge in [0.05, 0.1) is 12.1 Å². The highest BCUT2D eigenvalue weighted by molar-refractivity contribution is 5.46. The van der Waals surface area contributed by atoms with E-state index in [0.717, 1.165) is 36.5 Å². The van der Waals surface area contributed by atoms with Gasteiger partial charge in [-0.05, 0) is 50.4 Å². The number of hydrogen-bond acceptors (Lipinski definition) is 5. The van der Waals surface area contributed by atoms with E-state index in [1.54, 1.807) is 13.4 Å². The fraction of sp³-hybridized carbons (Fsp3) is 0.619. The Hall–Kier alpha value is -2.48. The summed E-state index contributed by atoms with van der Waals surface area (Å²) in [6.07, 6.45) is 18.9. The molecule has 3 aromatic rings. The van der Waals surface area contributed by atoms with Gasteiger partial charge in [-0.2, -0.15) is 5.10 Å². The van der Waals surface area contributed by atoms with E-state index in [-0.39, 0.29) is 11.1 Å². The topological polar surface area (TPSA) is 75.6 Å². The largest absolute Gasteiger partial charge is 0.383 e. The first-order valence-corrected chi connectivity index (χ1v) is 10.6. The Balaban J connectivity index is 1.43. The van der Waals surface area contributed by atoms with Crippen LogP contribution in [0.5, 0.6) is 0 Å². The van der Waals surface area contributed by atoms with E-state index in [1.807, 2.05) is 24.9 Å². The Bertz CT molecular complexity index is 990. The molecule has 4 aliphatic carbocycles. The maximum Gasteiger partial charge on any atom is 0.176 e. The first-order chi connectivity index (χ1) is 14.2. The van der Waals surface area contributed by atoms with Gasteiger partial charge in [0, 0.05) is 44.0 Å². The van der Waals surface area contributed by atoms with Gasteiger partial charge in [-0.3, -0.25) is 0 Å². The van der Waals surface area contributed by atoms with Gasteiger partial charge in [0.25, 0.3) is 0 Å². The summed E-state index contributed by atoms with van der Waals surface area (Å²) in [4.78, 5) is 13.7. The first kappa shape index (κ1) is 17.4. The summed E-state index contributed by atoms with van der Waals surface area (Å²) in [6, 6.07) is 0. The molecule has 4 aliphatic rings. The van der Waals surface area contributed by atoms with Crippen molar-refractivity contribution in [1.29, 1.82) is 0 Å². The van der Waals surface area contributed by atoms with E-state index in [0.29, 0.717) is 6.61 Å². The molecule has 4 bridgehead atoms. The number of methoxy groups -OCH3 is 1. The molecule has 3 heterocycles. The van der Waals surface area contributed by atoms with Gasteiger partial charge in [0.2, 0.25) is 0 Å². The van der Waals surface area contributed by atoms with Crippen molar-refractivity contribution < 1.29 is 4.74 Å². The molecule has 0 amide bonds. The van der Waals surface area contributed by atoms with Crippen LogP contribution in [0.1, 0.15) is 38.5 Å². The quantitative estimate of drug-likeness (QED) is 0.644. The van der Waals surface area contributed by atoms with Crippen LogP contribution in [0.2, 0.25) is 0 Å². The van der Waals surface area contributed by atoms with Crippen LogP contribution in [-0.2, 0) is 22.4 Å². The van der Waals surface area contributed by atoms with Crippen LogP contribution in [-0.4, -0.2) is 47.6 Å². The third-order valence-corrected chi connectivity index (χ3v) is 7.51. The predicted molar refractivity (Wildman–Crippen MR) is 106 cm³/mol. The number of ether oxygens (including phenoxy) is 1. The van der Waals surface area contributed by atoms with Crippen molar-refractivity contribution in [3.05, 3.63) is 37.4 Å². The summed E-state index contributed by atoms with van der Waals surface area (Å²) in [7, 11) is 1.73. The summed E-state index contributed by atoms with van der Waals surface area (Å²) in [5.41, 5.74) is 0.174. The molecule has 8 heteroatoms. The van der Waals surface area contributed by atoms with Crippen molar-refractivity contribution in [2.45, 2.75) is 56.1 Å². The number of aromatic nitrogens is 7. The van der Waals surface area contributed by atoms with E-state index in [9.17, 15) is 0 Å². The molecule has 4 fully saturated rings. The molecule has 152 valence electrons. The van der Waals surface area contributed by atoms with Gasteiger partial charge in [0.1, 0.15) is 12.7 Å². The van der Waals surface area contributed by atoms with Crippen molar-refractivity contribution in [1.82, 2.24) is 33.9 Å². The smallest absolute Gasteiger partial charge is 0.176 e. The minimum Gasteiger partial charge on any atom is -0.383 e. The maximum atomic E-state index is 5.28. The predicted octanol–water partition coefficient (Wildman–Crippen LogP) is 2.69. The Morgan fingerprint density at radius 1 is 1.03 bits per heavy atom. The van der Waals surface area contributed by atoms with E-state index in [4.69, 9.17) is 9.72 Å². The summed E-state index contributed by atoms with van der Waals surface area (Å²) in [5, 5.41) is 4.59. The molecule has 0 spiro atoms. The molecule has 2 unspecified atom stereocenters. The lowest BCUT2D eigenvalue weighted by Gasteiger charge is -2.62. The van der Waals surface area contributed by atoms with Crippen LogP contribution >= 0.6 is 0 Å². The van der Waals surface area contributed by atoms with E-state index >= 15 is 0 Å². The van der Waals surface area contributed by atoms with Gasteiger partial charge < -0.3 is 13.9 Å². The Labute approximate surface area is 169 Å². The highest BCUT2D eigenvalue weighted by Gasteiger charge is 2.60. The third-order valence-electron chi connectivity index (χ3n) is 7.51. The molecule has 0 saturated heterocycles. The van der Waals surface area contributed by atoms with Crippen LogP contribution in [0.3, 0.4) is 0 Å². The minimum atomic E-state index is 0.0832. The Morgan fingerprint density at radius 2 is 1.79 bits per heavy atom. The summed E-state index contributed by atoms with van der Waals surface area (Å²) >= 11 is 0. The summed E-state index contributed by atoms with van der Waals surface area (Å²) in [5.74, 6) is 3.38. The van der Waals surface area contributed by atoms with Crippen LogP contribution in [0.4, 0.5) is 0 Å². The second-order valence-corrected chi connectivity index (χ2v) is 9.31. The van der Waals surface area contributed by atoms with Crippen LogP contribution in [0, 0.1) is 11.8 Å². The Kier molecular flexibility index (Phi) is 3.75. The molecule has 0 radical (unpaired) electrons. The van der Waals surface area contributed by atoms with Gasteiger partial charge in [-0.25, -0.2) is 19.6 Å². The monoisotopic (exact) mass is 393 g/mol. The lowest BCUT2D eigenvalue weighted by molar-refractivity contribution is -0.0969. The lowest BCUT2D eigenvalue weighted by atomic mass is 9.49. The molecule has 8 nitrogen and oxygen atoms in total. The number of imidazole rings is 2. The number of rotatable bonds is 6. The fourth-order valence-corrected chi connectivity index (χ4v) is 6.91. The molecular formula is C21H27N7O. The van der Waals surface area contributed by atoms with E-state index in [2.05, 4.69) is 35.1 Å². The van der Waals surface area contributed by atoms with Gasteiger partial charge in [-0.1, -0.05) is 0 Å². The highest BCUT2D eigenvalue weighted by atomic mass is 16.5. The van der Waals surface area contributed by atoms with Gasteiger partial charge in [0.15, 0.2) is 11.6 Å². The Morgan fingerprint density at radius 3 is 2.55 bits per heavy atom. The third kappa shape index (κ3) is 2.54. The molecule has 0 N–H and O–H groups in total. The standard InChI is InChI=1S/C21H27N7O/c1-29-7-6-26-4-2-23-18(26)19-24-3-5-27(19)20-9-16-8-17(10-20)12-21(11-16,13-20)28-15-22-14-25-28/h2-5,14-17H,6-13H2,1H3. The average Bonchev–Trinajstić information content (AvgIpc) is 3.46. The molecule has 0 aliphatic heterocycles. The average molecular weight is 393 g/mol. The van der Waals surface area contributed by atoms with E-state index < -0.39 is 0 Å². The normalized spacial score (nSPS) is 32.9. The zero-order valence-electron chi connectivity index (χ0n) is 16.8. The second kappa shape index (κ2) is 6.26. The molecule has 4 saturated carbocycles. The summed E-state index contributed by atoms with van der Waals surface area (Å²) < 4.78 is 12.0. The molecular weight excluding hydrogens is 366 g/mol. The number of nitrogens with zero attached hydrogens (tertiary/aromatic N) is 7. The van der Waals surface area contributed by atoms with Crippen molar-refractivity contribution in [2.24, 2.45) is 11.8 Å². The zero-order valence-corrected chi connectivity index (χ0v) is 16.8. The van der Waals surface area contributed by atoms with E-state index in [1.165, 1.54) is 32.1 Å². The molecule has 29 heavy (non-hydrogen) atoms. The molecule has 2 atom stereocenters. The van der Waals surface area contributed by atoms with Gasteiger partial charge >= 0.3 is 0 Å². The zero-order chi connectivity index (χ0) is 19.5. The molecule has 0 aromatic carbocycles. The number of hydrogen-bond donors (Lipinski definition) is 0. The highest BCUT2D eigenvalue weighted by Crippen LogP contribution is 2.63. The second-order valence-electron chi connectivity index (χ2n) is 9.31. The van der Waals surface area contributed by atoms with Crippen LogP contribution in [0.25, 0.3) is 11.6 Å². The minimum absolute atomic E-state index is 0.0832. The molecule has 7 rings (SSSR count). The van der Waals surface area contributed by atoms with Crippen molar-refractivity contribution >= 4 is 0 Å². The fourth-order valence-electron chi connectivity index (χ4n) is 6.91. The first-order valence-electron chi connectivity index (χ1n) is 10.6. The van der Waals surface area contributed by atoms with Crippen molar-refractivity contribution in [2.75, 3.05) is 13.7 Å². The SMILES string of the molecule is COCCn1ccnc1-c1nccn1C12CC3CC(CC(n4cncn4)(C3)C1)C2. The maximum absolute atomic E-state index is 5.28. The van der Waals surface area contributed by atoms with Gasteiger partial charge in [-0.15, -0.1) is 0 Å². The lowest BCUT2D eigenvalue weighted by Crippen LogP contribution is -2.60. The van der Waals surface area contributed by atoms with Crippen LogP contribution in [0.15, 0.2) is 37.4 Å². The van der Waals surface area contributed by atoms with Crippen molar-refractivity contribution in [3.8, 4) is 11.6 Å². The summed E-state index contributed by atoms with van der Waals surface area (Å²) in [6.45, 7) is 1.44. The van der Waals surface area contributed by atoms with Crippen molar-refractivity contribution in [3.63, 3.8) is 0 Å².